The number of hydrogen-bond acceptors (Lipinski definition) is 0. The third-order valence-corrected chi connectivity index (χ3v) is 4.44. The standard InChI is InChI=1S/C10H12Si/c1-5-10-6-7-11(4)9(3)8(10)2/h1,6-7H,2-4H3. The maximum atomic E-state index is 5.34. The number of hydrogen-bond donors (Lipinski definition) is 0. The second-order valence-corrected chi connectivity index (χ2v) is 5.27. The number of aryl methyl sites for hydroxylation is 1. The van der Waals surface area contributed by atoms with E-state index < -0.39 is 0 Å². The van der Waals surface area contributed by atoms with Gasteiger partial charge in [0.15, 0.2) is 0 Å². The van der Waals surface area contributed by atoms with Crippen molar-refractivity contribution in [3.05, 3.63) is 28.0 Å². The molecule has 1 aromatic rings. The van der Waals surface area contributed by atoms with Crippen LogP contribution in [0.25, 0.3) is 0 Å². The monoisotopic (exact) mass is 160 g/mol. The molecule has 1 rings (SSSR count). The molecule has 0 radical (unpaired) electrons. The first-order valence-corrected chi connectivity index (χ1v) is 5.78. The van der Waals surface area contributed by atoms with Gasteiger partial charge < -0.3 is 0 Å². The lowest BCUT2D eigenvalue weighted by molar-refractivity contribution is 1.37. The van der Waals surface area contributed by atoms with Crippen LogP contribution in [0.15, 0.2) is 11.7 Å². The molecule has 1 heteroatoms. The lowest BCUT2D eigenvalue weighted by Gasteiger charge is -2.05. The SMILES string of the molecule is C#Cc1cc[si](C)c(C)c1C. The van der Waals surface area contributed by atoms with Gasteiger partial charge in [-0.25, -0.2) is 0 Å². The molecule has 1 heterocycles. The highest BCUT2D eigenvalue weighted by molar-refractivity contribution is 6.50. The van der Waals surface area contributed by atoms with E-state index in [4.69, 9.17) is 6.42 Å². The Morgan fingerprint density at radius 1 is 1.45 bits per heavy atom. The molecule has 0 nitrogen and oxygen atoms in total. The maximum Gasteiger partial charge on any atom is 0.0372 e. The summed E-state index contributed by atoms with van der Waals surface area (Å²) in [5.74, 6) is 2.69. The molecule has 0 unspecified atom stereocenters. The lowest BCUT2D eigenvalue weighted by atomic mass is 10.1. The fourth-order valence-corrected chi connectivity index (χ4v) is 2.51. The van der Waals surface area contributed by atoms with Crippen molar-refractivity contribution in [3.8, 4) is 12.3 Å². The largest absolute Gasteiger partial charge is 0.115 e. The molecule has 0 fully saturated rings. The van der Waals surface area contributed by atoms with Crippen LogP contribution in [-0.2, 0) is 6.55 Å². The molecular formula is C10H12Si. The van der Waals surface area contributed by atoms with E-state index >= 15 is 0 Å². The zero-order chi connectivity index (χ0) is 8.43. The molecule has 56 valence electrons. The summed E-state index contributed by atoms with van der Waals surface area (Å²) in [7, 11) is -0.379. The summed E-state index contributed by atoms with van der Waals surface area (Å²) in [5.41, 5.74) is 4.62. The second-order valence-electron chi connectivity index (χ2n) is 2.82. The molecule has 0 saturated carbocycles. The maximum absolute atomic E-state index is 5.34. The molecule has 0 amide bonds. The van der Waals surface area contributed by atoms with Gasteiger partial charge in [0.1, 0.15) is 0 Å². The molecule has 0 aromatic carbocycles. The molecule has 0 aliphatic heterocycles. The third kappa shape index (κ3) is 1.41. The van der Waals surface area contributed by atoms with Gasteiger partial charge in [0, 0.05) is 14.0 Å². The molecule has 0 spiro atoms. The summed E-state index contributed by atoms with van der Waals surface area (Å²) in [6, 6.07) is 2.08. The predicted octanol–water partition coefficient (Wildman–Crippen LogP) is 1.85. The summed E-state index contributed by atoms with van der Waals surface area (Å²) in [6.45, 7) is 6.58. The van der Waals surface area contributed by atoms with Crippen LogP contribution in [0.2, 0.25) is 0 Å². The van der Waals surface area contributed by atoms with Gasteiger partial charge in [0.2, 0.25) is 0 Å². The van der Waals surface area contributed by atoms with Crippen molar-refractivity contribution in [2.45, 2.75) is 13.8 Å². The van der Waals surface area contributed by atoms with Crippen molar-refractivity contribution in [2.24, 2.45) is 6.55 Å². The van der Waals surface area contributed by atoms with Gasteiger partial charge in [-0.1, -0.05) is 29.4 Å². The van der Waals surface area contributed by atoms with Crippen molar-refractivity contribution < 1.29 is 0 Å². The Hall–Kier alpha value is -0.873. The predicted molar refractivity (Wildman–Crippen MR) is 50.8 cm³/mol. The highest BCUT2D eigenvalue weighted by atomic mass is 28.2. The molecule has 1 aromatic heterocycles. The van der Waals surface area contributed by atoms with E-state index in [9.17, 15) is 0 Å². The average Bonchev–Trinajstić information content (AvgIpc) is 2.01. The second kappa shape index (κ2) is 3.02. The summed E-state index contributed by atoms with van der Waals surface area (Å²) >= 11 is 0. The molecule has 0 N–H and O–H groups in total. The van der Waals surface area contributed by atoms with Crippen LogP contribution in [0.3, 0.4) is 0 Å². The zero-order valence-electron chi connectivity index (χ0n) is 7.23. The topological polar surface area (TPSA) is 0 Å². The minimum absolute atomic E-state index is 0.379. The minimum Gasteiger partial charge on any atom is -0.115 e. The van der Waals surface area contributed by atoms with Crippen LogP contribution < -0.4 is 0 Å². The Labute approximate surface area is 69.8 Å². The summed E-state index contributed by atoms with van der Waals surface area (Å²) in [5, 5.41) is 1.49. The first-order valence-electron chi connectivity index (χ1n) is 3.70. The zero-order valence-corrected chi connectivity index (χ0v) is 8.23. The fraction of sp³-hybridized carbons (Fsp3) is 0.300. The van der Waals surface area contributed by atoms with Crippen LogP contribution in [-0.4, -0.2) is 8.40 Å². The van der Waals surface area contributed by atoms with E-state index in [2.05, 4.69) is 38.1 Å². The normalized spacial score (nSPS) is 9.27. The highest BCUT2D eigenvalue weighted by Gasteiger charge is 2.00. The van der Waals surface area contributed by atoms with Crippen molar-refractivity contribution >= 4 is 8.40 Å². The Morgan fingerprint density at radius 2 is 2.09 bits per heavy atom. The van der Waals surface area contributed by atoms with Crippen LogP contribution in [0, 0.1) is 26.2 Å². The molecule has 0 bridgehead atoms. The van der Waals surface area contributed by atoms with Crippen molar-refractivity contribution in [1.29, 1.82) is 0 Å². The van der Waals surface area contributed by atoms with Gasteiger partial charge in [0.25, 0.3) is 0 Å². The highest BCUT2D eigenvalue weighted by Crippen LogP contribution is 2.09. The molecule has 11 heavy (non-hydrogen) atoms. The van der Waals surface area contributed by atoms with E-state index in [0.717, 1.165) is 5.56 Å². The first-order chi connectivity index (χ1) is 5.16. The van der Waals surface area contributed by atoms with Gasteiger partial charge >= 0.3 is 0 Å². The smallest absolute Gasteiger partial charge is 0.0372 e. The van der Waals surface area contributed by atoms with E-state index in [1.54, 1.807) is 0 Å². The van der Waals surface area contributed by atoms with Crippen LogP contribution >= 0.6 is 0 Å². The summed E-state index contributed by atoms with van der Waals surface area (Å²) in [4.78, 5) is 0. The molecule has 0 atom stereocenters. The number of terminal acetylenes is 1. The third-order valence-electron chi connectivity index (χ3n) is 2.21. The van der Waals surface area contributed by atoms with Gasteiger partial charge in [-0.2, -0.15) is 0 Å². The van der Waals surface area contributed by atoms with Gasteiger partial charge in [-0.15, -0.1) is 6.42 Å². The van der Waals surface area contributed by atoms with Gasteiger partial charge in [-0.05, 0) is 19.4 Å². The summed E-state index contributed by atoms with van der Waals surface area (Å²) < 4.78 is 0. The Bertz CT molecular complexity index is 318. The van der Waals surface area contributed by atoms with Crippen molar-refractivity contribution in [2.75, 3.05) is 0 Å². The molecule has 0 saturated heterocycles. The Kier molecular flexibility index (Phi) is 2.26. The van der Waals surface area contributed by atoms with Gasteiger partial charge in [0.05, 0.1) is 0 Å². The minimum atomic E-state index is -0.379. The Morgan fingerprint density at radius 3 is 2.64 bits per heavy atom. The van der Waals surface area contributed by atoms with E-state index in [0.29, 0.717) is 0 Å². The average molecular weight is 160 g/mol. The van der Waals surface area contributed by atoms with Crippen LogP contribution in [0.5, 0.6) is 0 Å². The fourth-order valence-electron chi connectivity index (χ4n) is 1.11. The van der Waals surface area contributed by atoms with E-state index in [1.165, 1.54) is 10.7 Å². The van der Waals surface area contributed by atoms with E-state index in [-0.39, 0.29) is 8.40 Å². The summed E-state index contributed by atoms with van der Waals surface area (Å²) in [6.07, 6.45) is 5.34. The molecule has 0 aliphatic rings. The van der Waals surface area contributed by atoms with Crippen molar-refractivity contribution in [3.63, 3.8) is 0 Å². The first kappa shape index (κ1) is 8.23. The number of rotatable bonds is 0. The van der Waals surface area contributed by atoms with Crippen molar-refractivity contribution in [1.82, 2.24) is 0 Å². The molecular weight excluding hydrogens is 148 g/mol. The molecule has 0 aliphatic carbocycles. The van der Waals surface area contributed by atoms with Crippen LogP contribution in [0.1, 0.15) is 16.3 Å². The Balaban J connectivity index is 3.40. The lowest BCUT2D eigenvalue weighted by Crippen LogP contribution is -2.01. The van der Waals surface area contributed by atoms with E-state index in [1.807, 2.05) is 0 Å². The van der Waals surface area contributed by atoms with Crippen LogP contribution in [0.4, 0.5) is 0 Å². The van der Waals surface area contributed by atoms with Gasteiger partial charge in [-0.3, -0.25) is 0 Å². The quantitative estimate of drug-likeness (QED) is 0.401.